The number of nitrogens with one attached hydrogen (secondary N) is 1. The highest BCUT2D eigenvalue weighted by Crippen LogP contribution is 2.33. The molecule has 1 N–H and O–H groups in total. The number of para-hydroxylation sites is 1. The number of nitrogens with zero attached hydrogens (tertiary/aromatic N) is 2. The number of hydrogen-bond donors (Lipinski definition) is 1. The third-order valence-electron chi connectivity index (χ3n) is 5.28. The molecule has 0 saturated carbocycles. The lowest BCUT2D eigenvalue weighted by molar-refractivity contribution is -0.142. The Balaban J connectivity index is 1.65. The Hall–Kier alpha value is -2.74. The van der Waals surface area contributed by atoms with Crippen molar-refractivity contribution in [1.29, 1.82) is 0 Å². The summed E-state index contributed by atoms with van der Waals surface area (Å²) in [5.74, 6) is -0.746. The number of anilines is 2. The van der Waals surface area contributed by atoms with Crippen LogP contribution in [0, 0.1) is 5.92 Å². The lowest BCUT2D eigenvalue weighted by atomic mass is 9.96. The first-order valence-electron chi connectivity index (χ1n) is 10.2. The van der Waals surface area contributed by atoms with Crippen molar-refractivity contribution in [3.63, 3.8) is 0 Å². The number of carbonyl (C=O) groups is 3. The predicted octanol–water partition coefficient (Wildman–Crippen LogP) is 3.75. The van der Waals surface area contributed by atoms with E-state index in [1.54, 1.807) is 17.2 Å². The maximum absolute atomic E-state index is 12.7. The molecule has 0 unspecified atom stereocenters. The highest BCUT2D eigenvalue weighted by atomic mass is 32.1. The van der Waals surface area contributed by atoms with Crippen molar-refractivity contribution in [2.24, 2.45) is 5.92 Å². The average Bonchev–Trinajstić information content (AvgIpc) is 3.33. The van der Waals surface area contributed by atoms with Crippen molar-refractivity contribution in [1.82, 2.24) is 4.98 Å². The molecule has 0 spiro atoms. The van der Waals surface area contributed by atoms with Gasteiger partial charge in [-0.1, -0.05) is 32.0 Å². The highest BCUT2D eigenvalue weighted by Gasteiger charge is 2.36. The Kier molecular flexibility index (Phi) is 7.20. The van der Waals surface area contributed by atoms with Gasteiger partial charge >= 0.3 is 5.97 Å². The summed E-state index contributed by atoms with van der Waals surface area (Å²) in [6.45, 7) is 6.67. The number of benzene rings is 1. The highest BCUT2D eigenvalue weighted by molar-refractivity contribution is 7.13. The topological polar surface area (TPSA) is 88.6 Å². The molecule has 1 aliphatic heterocycles. The predicted molar refractivity (Wildman–Crippen MR) is 117 cm³/mol. The fourth-order valence-corrected chi connectivity index (χ4v) is 4.21. The first kappa shape index (κ1) is 22.0. The number of esters is 1. The number of thiazole rings is 1. The molecule has 1 aliphatic rings. The zero-order valence-electron chi connectivity index (χ0n) is 17.5. The van der Waals surface area contributed by atoms with Gasteiger partial charge in [0.25, 0.3) is 0 Å². The van der Waals surface area contributed by atoms with Crippen LogP contribution in [0.2, 0.25) is 0 Å². The van der Waals surface area contributed by atoms with Crippen molar-refractivity contribution in [2.45, 2.75) is 46.0 Å². The van der Waals surface area contributed by atoms with E-state index in [4.69, 9.17) is 4.74 Å². The van der Waals surface area contributed by atoms with Crippen LogP contribution >= 0.6 is 11.3 Å². The fourth-order valence-electron chi connectivity index (χ4n) is 3.50. The first-order chi connectivity index (χ1) is 14.4. The van der Waals surface area contributed by atoms with E-state index >= 15 is 0 Å². The first-order valence-corrected chi connectivity index (χ1v) is 11.1. The van der Waals surface area contributed by atoms with E-state index in [1.807, 2.05) is 24.3 Å². The van der Waals surface area contributed by atoms with Gasteiger partial charge in [-0.15, -0.1) is 11.3 Å². The fraction of sp³-hybridized carbons (Fsp3) is 0.455. The Morgan fingerprint density at radius 3 is 2.83 bits per heavy atom. The molecule has 160 valence electrons. The molecular formula is C22H27N3O4S. The molecule has 1 aromatic carbocycles. The van der Waals surface area contributed by atoms with E-state index < -0.39 is 5.92 Å². The molecule has 0 aliphatic carbocycles. The number of amides is 2. The number of aromatic nitrogens is 1. The van der Waals surface area contributed by atoms with Gasteiger partial charge in [0.1, 0.15) is 0 Å². The van der Waals surface area contributed by atoms with Crippen LogP contribution < -0.4 is 10.2 Å². The summed E-state index contributed by atoms with van der Waals surface area (Å²) in [5.41, 5.74) is 2.57. The van der Waals surface area contributed by atoms with Gasteiger partial charge in [0.05, 0.1) is 24.6 Å². The average molecular weight is 430 g/mol. The zero-order chi connectivity index (χ0) is 21.7. The SMILES string of the molecule is CCOC(=O)Cc1csc(NC(=O)[C@@H]2CC(=O)N(c3ccccc3[C@@H](C)CC)C2)n1. The number of carbonyl (C=O) groups excluding carboxylic acids is 3. The van der Waals surface area contributed by atoms with Crippen LogP contribution in [0.4, 0.5) is 10.8 Å². The summed E-state index contributed by atoms with van der Waals surface area (Å²) in [7, 11) is 0. The largest absolute Gasteiger partial charge is 0.466 e. The summed E-state index contributed by atoms with van der Waals surface area (Å²) >= 11 is 1.25. The molecule has 2 atom stereocenters. The van der Waals surface area contributed by atoms with Gasteiger partial charge in [-0.25, -0.2) is 4.98 Å². The van der Waals surface area contributed by atoms with Crippen LogP contribution in [0.25, 0.3) is 0 Å². The van der Waals surface area contributed by atoms with Gasteiger partial charge in [0.15, 0.2) is 5.13 Å². The Labute approximate surface area is 180 Å². The maximum Gasteiger partial charge on any atom is 0.311 e. The minimum atomic E-state index is -0.445. The summed E-state index contributed by atoms with van der Waals surface area (Å²) < 4.78 is 4.91. The molecule has 1 saturated heterocycles. The summed E-state index contributed by atoms with van der Waals surface area (Å²) in [6, 6.07) is 7.89. The van der Waals surface area contributed by atoms with Gasteiger partial charge in [0.2, 0.25) is 11.8 Å². The molecule has 30 heavy (non-hydrogen) atoms. The Morgan fingerprint density at radius 1 is 1.33 bits per heavy atom. The molecule has 7 nitrogen and oxygen atoms in total. The van der Waals surface area contributed by atoms with Crippen LogP contribution in [-0.4, -0.2) is 35.9 Å². The number of ether oxygens (including phenoxy) is 1. The van der Waals surface area contributed by atoms with Gasteiger partial charge < -0.3 is 15.0 Å². The molecule has 2 amide bonds. The molecular weight excluding hydrogens is 402 g/mol. The van der Waals surface area contributed by atoms with E-state index in [2.05, 4.69) is 24.1 Å². The Bertz CT molecular complexity index is 927. The molecule has 2 heterocycles. The zero-order valence-corrected chi connectivity index (χ0v) is 18.3. The van der Waals surface area contributed by atoms with E-state index in [-0.39, 0.29) is 30.6 Å². The molecule has 8 heteroatoms. The molecule has 0 bridgehead atoms. The van der Waals surface area contributed by atoms with Gasteiger partial charge in [-0.3, -0.25) is 14.4 Å². The molecule has 1 fully saturated rings. The van der Waals surface area contributed by atoms with Crippen LogP contribution in [0.5, 0.6) is 0 Å². The second-order valence-electron chi connectivity index (χ2n) is 7.39. The number of rotatable bonds is 8. The minimum absolute atomic E-state index is 0.0481. The van der Waals surface area contributed by atoms with Crippen molar-refractivity contribution in [2.75, 3.05) is 23.4 Å². The van der Waals surface area contributed by atoms with Crippen molar-refractivity contribution in [3.8, 4) is 0 Å². The van der Waals surface area contributed by atoms with E-state index in [0.717, 1.165) is 17.7 Å². The van der Waals surface area contributed by atoms with Crippen molar-refractivity contribution in [3.05, 3.63) is 40.9 Å². The lowest BCUT2D eigenvalue weighted by Gasteiger charge is -2.23. The normalized spacial score (nSPS) is 17.1. The molecule has 3 rings (SSSR count). The molecule has 2 aromatic rings. The third kappa shape index (κ3) is 5.05. The monoisotopic (exact) mass is 429 g/mol. The number of hydrogen-bond acceptors (Lipinski definition) is 6. The van der Waals surface area contributed by atoms with Gasteiger partial charge in [-0.2, -0.15) is 0 Å². The molecule has 0 radical (unpaired) electrons. The lowest BCUT2D eigenvalue weighted by Crippen LogP contribution is -2.29. The van der Waals surface area contributed by atoms with Crippen LogP contribution in [0.1, 0.15) is 50.8 Å². The van der Waals surface area contributed by atoms with Crippen LogP contribution in [0.15, 0.2) is 29.6 Å². The smallest absolute Gasteiger partial charge is 0.311 e. The maximum atomic E-state index is 12.7. The van der Waals surface area contributed by atoms with Gasteiger partial charge in [0, 0.05) is 24.0 Å². The van der Waals surface area contributed by atoms with Crippen LogP contribution in [-0.2, 0) is 25.5 Å². The minimum Gasteiger partial charge on any atom is -0.466 e. The summed E-state index contributed by atoms with van der Waals surface area (Å²) in [4.78, 5) is 43.0. The second-order valence-corrected chi connectivity index (χ2v) is 8.25. The quantitative estimate of drug-likeness (QED) is 0.646. The summed E-state index contributed by atoms with van der Waals surface area (Å²) in [5, 5.41) is 4.93. The third-order valence-corrected chi connectivity index (χ3v) is 6.09. The summed E-state index contributed by atoms with van der Waals surface area (Å²) in [6.07, 6.45) is 1.21. The standard InChI is InChI=1S/C22H27N3O4S/c1-4-14(3)17-8-6-7-9-18(17)25-12-15(10-19(25)26)21(28)24-22-23-16(13-30-22)11-20(27)29-5-2/h6-9,13-15H,4-5,10-12H2,1-3H3,(H,23,24,28)/t14-,15+/m0/s1. The van der Waals surface area contributed by atoms with E-state index in [0.29, 0.717) is 29.9 Å². The van der Waals surface area contributed by atoms with E-state index in [9.17, 15) is 14.4 Å². The molecule has 1 aromatic heterocycles. The van der Waals surface area contributed by atoms with Gasteiger partial charge in [-0.05, 0) is 30.9 Å². The van der Waals surface area contributed by atoms with Crippen molar-refractivity contribution >= 4 is 39.9 Å². The Morgan fingerprint density at radius 2 is 2.10 bits per heavy atom. The van der Waals surface area contributed by atoms with Crippen LogP contribution in [0.3, 0.4) is 0 Å². The second kappa shape index (κ2) is 9.84. The van der Waals surface area contributed by atoms with Crippen molar-refractivity contribution < 1.29 is 19.1 Å². The van der Waals surface area contributed by atoms with E-state index in [1.165, 1.54) is 11.3 Å².